The minimum Gasteiger partial charge on any atom is -0.444 e. The first-order chi connectivity index (χ1) is 15.6. The van der Waals surface area contributed by atoms with E-state index in [-0.39, 0.29) is 42.4 Å². The van der Waals surface area contributed by atoms with Crippen molar-refractivity contribution in [3.63, 3.8) is 0 Å². The summed E-state index contributed by atoms with van der Waals surface area (Å²) in [4.78, 5) is 46.2. The summed E-state index contributed by atoms with van der Waals surface area (Å²) in [5, 5.41) is 8.70. The van der Waals surface area contributed by atoms with E-state index in [2.05, 4.69) is 17.0 Å². The van der Waals surface area contributed by atoms with E-state index >= 15 is 0 Å². The summed E-state index contributed by atoms with van der Waals surface area (Å²) in [5.74, 6) is -0.309. The van der Waals surface area contributed by atoms with Crippen molar-refractivity contribution < 1.29 is 24.0 Å². The molecule has 11 heteroatoms. The number of nitrogens with zero attached hydrogens (tertiary/aromatic N) is 5. The van der Waals surface area contributed by atoms with Crippen LogP contribution in [0.5, 0.6) is 0 Å². The number of ether oxygens (including phenoxy) is 1. The van der Waals surface area contributed by atoms with Crippen molar-refractivity contribution in [3.05, 3.63) is 36.7 Å². The molecule has 4 rings (SSSR count). The number of hydrogen-bond acceptors (Lipinski definition) is 6. The summed E-state index contributed by atoms with van der Waals surface area (Å²) < 4.78 is 7.01. The van der Waals surface area contributed by atoms with Crippen molar-refractivity contribution in [3.8, 4) is 0 Å². The first-order valence-corrected chi connectivity index (χ1v) is 11.0. The smallest absolute Gasteiger partial charge is 0.410 e. The number of carbonyl (C=O) groups excluding carboxylic acids is 3. The molecule has 1 aromatic heterocycles. The number of carbonyl (C=O) groups is 3. The number of rotatable bonds is 6. The molecule has 2 saturated heterocycles. The van der Waals surface area contributed by atoms with Gasteiger partial charge >= 0.3 is 12.1 Å². The summed E-state index contributed by atoms with van der Waals surface area (Å²) in [6, 6.07) is 1.05. The van der Waals surface area contributed by atoms with Gasteiger partial charge in [-0.15, -0.1) is 6.58 Å². The summed E-state index contributed by atoms with van der Waals surface area (Å²) in [7, 11) is 0. The van der Waals surface area contributed by atoms with Gasteiger partial charge in [0, 0.05) is 31.9 Å². The van der Waals surface area contributed by atoms with E-state index in [0.29, 0.717) is 32.6 Å². The van der Waals surface area contributed by atoms with Gasteiger partial charge in [-0.1, -0.05) is 6.08 Å². The van der Waals surface area contributed by atoms with E-state index in [4.69, 9.17) is 9.57 Å². The normalized spacial score (nSPS) is 22.5. The summed E-state index contributed by atoms with van der Waals surface area (Å²) in [6.45, 7) is 11.2. The first kappa shape index (κ1) is 22.8. The third-order valence-corrected chi connectivity index (χ3v) is 5.53. The minimum absolute atomic E-state index is 0.167. The second-order valence-corrected chi connectivity index (χ2v) is 9.33. The van der Waals surface area contributed by atoms with Crippen LogP contribution in [0.4, 0.5) is 9.59 Å². The fraction of sp³-hybridized carbons (Fsp3) is 0.545. The molecule has 178 valence electrons. The Balaban J connectivity index is 1.35. The van der Waals surface area contributed by atoms with Crippen LogP contribution in [0, 0.1) is 0 Å². The standard InChI is InChI=1S/C22H30N6O5/c1-5-10-32-28-17-11-16(13-26(14-17)20(28)30)27-9-7-18(24-27)19(29)23-15-6-8-25(12-15)21(31)33-22(2,3)4/h5,7,9,11,15,17H,1,6,8,10,12-14H2,2-4H3,(H,23,29)/t15-,17?/m1/s1. The number of amides is 4. The van der Waals surface area contributed by atoms with Gasteiger partial charge in [0.25, 0.3) is 5.91 Å². The second kappa shape index (κ2) is 8.89. The molecule has 2 atom stereocenters. The van der Waals surface area contributed by atoms with E-state index in [9.17, 15) is 14.4 Å². The summed E-state index contributed by atoms with van der Waals surface area (Å²) in [6.07, 6.45) is 5.49. The Bertz CT molecular complexity index is 980. The van der Waals surface area contributed by atoms with Crippen LogP contribution in [0.1, 0.15) is 37.7 Å². The molecule has 0 spiro atoms. The topological polar surface area (TPSA) is 109 Å². The monoisotopic (exact) mass is 458 g/mol. The highest BCUT2D eigenvalue weighted by atomic mass is 16.7. The summed E-state index contributed by atoms with van der Waals surface area (Å²) >= 11 is 0. The molecule has 4 amide bonds. The van der Waals surface area contributed by atoms with E-state index in [0.717, 1.165) is 5.70 Å². The van der Waals surface area contributed by atoms with Crippen LogP contribution < -0.4 is 5.32 Å². The predicted molar refractivity (Wildman–Crippen MR) is 119 cm³/mol. The maximum atomic E-state index is 12.7. The highest BCUT2D eigenvalue weighted by molar-refractivity contribution is 5.92. The minimum atomic E-state index is -0.561. The number of hydroxylamine groups is 2. The molecule has 3 aliphatic heterocycles. The molecule has 1 aromatic rings. The number of aromatic nitrogens is 2. The van der Waals surface area contributed by atoms with E-state index in [1.807, 2.05) is 26.8 Å². The SMILES string of the molecule is C=CCON1C(=O)N2CC(n3ccc(C(=O)N[C@@H]4CCN(C(=O)OC(C)(C)C)C4)n3)=CC1C2. The van der Waals surface area contributed by atoms with Crippen molar-refractivity contribution in [1.29, 1.82) is 0 Å². The van der Waals surface area contributed by atoms with Crippen LogP contribution in [0.25, 0.3) is 5.70 Å². The lowest BCUT2D eigenvalue weighted by Gasteiger charge is -2.24. The lowest BCUT2D eigenvalue weighted by Crippen LogP contribution is -2.40. The molecule has 0 aromatic carbocycles. The third kappa shape index (κ3) is 5.03. The van der Waals surface area contributed by atoms with Gasteiger partial charge in [0.1, 0.15) is 5.60 Å². The fourth-order valence-electron chi connectivity index (χ4n) is 4.05. The Morgan fingerprint density at radius 1 is 1.33 bits per heavy atom. The molecule has 33 heavy (non-hydrogen) atoms. The molecule has 0 aliphatic carbocycles. The highest BCUT2D eigenvalue weighted by Crippen LogP contribution is 2.26. The highest BCUT2D eigenvalue weighted by Gasteiger charge is 2.41. The van der Waals surface area contributed by atoms with Crippen LogP contribution in [-0.4, -0.2) is 93.1 Å². The Kier molecular flexibility index (Phi) is 6.15. The number of likely N-dealkylation sites (tertiary alicyclic amines) is 1. The molecular weight excluding hydrogens is 428 g/mol. The number of hydrogen-bond donors (Lipinski definition) is 1. The van der Waals surface area contributed by atoms with Crippen LogP contribution >= 0.6 is 0 Å². The molecule has 2 fully saturated rings. The van der Waals surface area contributed by atoms with Crippen molar-refractivity contribution in [2.45, 2.75) is 44.9 Å². The average molecular weight is 459 g/mol. The van der Waals surface area contributed by atoms with Gasteiger partial charge in [0.15, 0.2) is 5.69 Å². The predicted octanol–water partition coefficient (Wildman–Crippen LogP) is 1.70. The molecule has 2 bridgehead atoms. The quantitative estimate of drug-likeness (QED) is 0.650. The Morgan fingerprint density at radius 2 is 2.12 bits per heavy atom. The van der Waals surface area contributed by atoms with E-state index in [1.165, 1.54) is 5.06 Å². The van der Waals surface area contributed by atoms with Gasteiger partial charge in [-0.3, -0.25) is 9.63 Å². The average Bonchev–Trinajstić information content (AvgIpc) is 3.46. The van der Waals surface area contributed by atoms with Gasteiger partial charge in [-0.2, -0.15) is 10.2 Å². The number of urea groups is 1. The molecule has 3 aliphatic rings. The fourth-order valence-corrected chi connectivity index (χ4v) is 4.05. The van der Waals surface area contributed by atoms with Gasteiger partial charge in [0.05, 0.1) is 24.9 Å². The molecule has 1 unspecified atom stereocenters. The second-order valence-electron chi connectivity index (χ2n) is 9.33. The van der Waals surface area contributed by atoms with Crippen LogP contribution in [0.2, 0.25) is 0 Å². The largest absolute Gasteiger partial charge is 0.444 e. The van der Waals surface area contributed by atoms with Crippen LogP contribution in [0.15, 0.2) is 31.0 Å². The maximum absolute atomic E-state index is 12.7. The lowest BCUT2D eigenvalue weighted by molar-refractivity contribution is -0.107. The molecular formula is C22H30N6O5. The Morgan fingerprint density at radius 3 is 2.85 bits per heavy atom. The van der Waals surface area contributed by atoms with Crippen LogP contribution in [-0.2, 0) is 9.57 Å². The van der Waals surface area contributed by atoms with Crippen molar-refractivity contribution >= 4 is 23.7 Å². The Labute approximate surface area is 192 Å². The zero-order valence-electron chi connectivity index (χ0n) is 19.2. The Hall–Kier alpha value is -3.34. The maximum Gasteiger partial charge on any atom is 0.410 e. The molecule has 0 saturated carbocycles. The van der Waals surface area contributed by atoms with Gasteiger partial charge in [-0.05, 0) is 39.3 Å². The number of nitrogens with one attached hydrogen (secondary N) is 1. The van der Waals surface area contributed by atoms with E-state index in [1.54, 1.807) is 32.8 Å². The van der Waals surface area contributed by atoms with Gasteiger partial charge < -0.3 is 19.9 Å². The molecule has 0 radical (unpaired) electrons. The van der Waals surface area contributed by atoms with Crippen molar-refractivity contribution in [1.82, 2.24) is 30.0 Å². The molecule has 1 N–H and O–H groups in total. The zero-order chi connectivity index (χ0) is 23.8. The van der Waals surface area contributed by atoms with Gasteiger partial charge in [-0.25, -0.2) is 14.3 Å². The van der Waals surface area contributed by atoms with E-state index < -0.39 is 5.60 Å². The van der Waals surface area contributed by atoms with Crippen molar-refractivity contribution in [2.75, 3.05) is 32.8 Å². The lowest BCUT2D eigenvalue weighted by atomic mass is 10.2. The number of fused-ring (bicyclic) bond motifs is 2. The third-order valence-electron chi connectivity index (χ3n) is 5.53. The summed E-state index contributed by atoms with van der Waals surface area (Å²) in [5.41, 5.74) is 0.500. The van der Waals surface area contributed by atoms with Crippen LogP contribution in [0.3, 0.4) is 0 Å². The molecule has 4 heterocycles. The zero-order valence-corrected chi connectivity index (χ0v) is 19.2. The van der Waals surface area contributed by atoms with Gasteiger partial charge in [0.2, 0.25) is 0 Å². The van der Waals surface area contributed by atoms with Crippen molar-refractivity contribution in [2.24, 2.45) is 0 Å². The molecule has 11 nitrogen and oxygen atoms in total. The first-order valence-electron chi connectivity index (χ1n) is 11.0.